The van der Waals surface area contributed by atoms with E-state index in [0.29, 0.717) is 18.6 Å². The Kier molecular flexibility index (Phi) is 1.92. The maximum atomic E-state index is 13.1. The Balaban J connectivity index is 2.56. The Labute approximate surface area is 74.3 Å². The van der Waals surface area contributed by atoms with Gasteiger partial charge < -0.3 is 10.5 Å². The largest absolute Gasteiger partial charge is 0.490 e. The smallest absolute Gasteiger partial charge is 0.168 e. The van der Waals surface area contributed by atoms with Crippen molar-refractivity contribution in [3.05, 3.63) is 29.3 Å². The molecule has 0 fully saturated rings. The number of hydrogen-bond donors (Lipinski definition) is 1. The SMILES string of the molecule is NC1CCOc2c(F)cc(F)cc21. The molecule has 2 N–H and O–H groups in total. The molecule has 0 bridgehead atoms. The molecule has 0 saturated carbocycles. The molecule has 0 amide bonds. The zero-order valence-electron chi connectivity index (χ0n) is 6.89. The fourth-order valence-corrected chi connectivity index (χ4v) is 1.45. The highest BCUT2D eigenvalue weighted by Gasteiger charge is 2.22. The number of fused-ring (bicyclic) bond motifs is 1. The Bertz CT molecular complexity index is 341. The van der Waals surface area contributed by atoms with Gasteiger partial charge in [0.05, 0.1) is 6.61 Å². The summed E-state index contributed by atoms with van der Waals surface area (Å²) in [4.78, 5) is 0. The van der Waals surface area contributed by atoms with Gasteiger partial charge in [-0.1, -0.05) is 0 Å². The fourth-order valence-electron chi connectivity index (χ4n) is 1.45. The quantitative estimate of drug-likeness (QED) is 0.668. The second-order valence-corrected chi connectivity index (χ2v) is 3.05. The predicted octanol–water partition coefficient (Wildman–Crippen LogP) is 1.75. The van der Waals surface area contributed by atoms with Crippen LogP contribution in [0.3, 0.4) is 0 Å². The van der Waals surface area contributed by atoms with Gasteiger partial charge in [-0.3, -0.25) is 0 Å². The van der Waals surface area contributed by atoms with Crippen LogP contribution in [0.2, 0.25) is 0 Å². The minimum atomic E-state index is -0.676. The molecule has 0 spiro atoms. The van der Waals surface area contributed by atoms with Crippen LogP contribution in [0.25, 0.3) is 0 Å². The van der Waals surface area contributed by atoms with E-state index in [2.05, 4.69) is 0 Å². The van der Waals surface area contributed by atoms with E-state index in [4.69, 9.17) is 10.5 Å². The number of halogens is 2. The monoisotopic (exact) mass is 185 g/mol. The first kappa shape index (κ1) is 8.44. The lowest BCUT2D eigenvalue weighted by atomic mass is 10.0. The summed E-state index contributed by atoms with van der Waals surface area (Å²) in [6, 6.07) is 1.70. The summed E-state index contributed by atoms with van der Waals surface area (Å²) < 4.78 is 30.9. The maximum absolute atomic E-state index is 13.1. The summed E-state index contributed by atoms with van der Waals surface area (Å²) in [7, 11) is 0. The molecule has 1 aliphatic heterocycles. The Hall–Kier alpha value is -1.16. The third kappa shape index (κ3) is 1.37. The summed E-state index contributed by atoms with van der Waals surface area (Å²) in [5, 5.41) is 0. The summed E-state index contributed by atoms with van der Waals surface area (Å²) in [5.74, 6) is -1.19. The van der Waals surface area contributed by atoms with Crippen LogP contribution in [-0.2, 0) is 0 Å². The molecule has 1 aromatic rings. The fraction of sp³-hybridized carbons (Fsp3) is 0.333. The lowest BCUT2D eigenvalue weighted by Gasteiger charge is -2.23. The molecule has 1 heterocycles. The van der Waals surface area contributed by atoms with Crippen molar-refractivity contribution in [1.82, 2.24) is 0 Å². The van der Waals surface area contributed by atoms with Crippen molar-refractivity contribution in [3.63, 3.8) is 0 Å². The average Bonchev–Trinajstić information content (AvgIpc) is 2.07. The molecular weight excluding hydrogens is 176 g/mol. The number of rotatable bonds is 0. The summed E-state index contributed by atoms with van der Waals surface area (Å²) in [5.41, 5.74) is 6.09. The molecule has 0 saturated heterocycles. The van der Waals surface area contributed by atoms with Gasteiger partial charge in [0.1, 0.15) is 5.82 Å². The van der Waals surface area contributed by atoms with Gasteiger partial charge in [-0.05, 0) is 6.07 Å². The van der Waals surface area contributed by atoms with Gasteiger partial charge in [0.2, 0.25) is 0 Å². The number of benzene rings is 1. The topological polar surface area (TPSA) is 35.2 Å². The third-order valence-electron chi connectivity index (χ3n) is 2.11. The lowest BCUT2D eigenvalue weighted by molar-refractivity contribution is 0.254. The van der Waals surface area contributed by atoms with E-state index in [1.54, 1.807) is 0 Å². The molecule has 1 aromatic carbocycles. The highest BCUT2D eigenvalue weighted by atomic mass is 19.1. The molecule has 2 rings (SSSR count). The van der Waals surface area contributed by atoms with Crippen LogP contribution < -0.4 is 10.5 Å². The molecule has 0 aromatic heterocycles. The van der Waals surface area contributed by atoms with Crippen molar-refractivity contribution in [2.24, 2.45) is 5.73 Å². The molecule has 0 aliphatic carbocycles. The van der Waals surface area contributed by atoms with Crippen LogP contribution >= 0.6 is 0 Å². The number of ether oxygens (including phenoxy) is 1. The van der Waals surface area contributed by atoms with E-state index < -0.39 is 11.6 Å². The van der Waals surface area contributed by atoms with Crippen molar-refractivity contribution < 1.29 is 13.5 Å². The minimum absolute atomic E-state index is 0.0974. The highest BCUT2D eigenvalue weighted by molar-refractivity contribution is 5.39. The maximum Gasteiger partial charge on any atom is 0.168 e. The van der Waals surface area contributed by atoms with Crippen molar-refractivity contribution in [2.45, 2.75) is 12.5 Å². The standard InChI is InChI=1S/C9H9F2NO/c10-5-3-6-8(12)1-2-13-9(6)7(11)4-5/h3-4,8H,1-2,12H2. The van der Waals surface area contributed by atoms with Crippen LogP contribution in [0.1, 0.15) is 18.0 Å². The highest BCUT2D eigenvalue weighted by Crippen LogP contribution is 2.33. The van der Waals surface area contributed by atoms with Gasteiger partial charge in [-0.2, -0.15) is 0 Å². The average molecular weight is 185 g/mol. The molecule has 0 radical (unpaired) electrons. The van der Waals surface area contributed by atoms with E-state index in [9.17, 15) is 8.78 Å². The van der Waals surface area contributed by atoms with Crippen molar-refractivity contribution in [1.29, 1.82) is 0 Å². The molecule has 4 heteroatoms. The van der Waals surface area contributed by atoms with E-state index in [1.807, 2.05) is 0 Å². The molecule has 1 atom stereocenters. The lowest BCUT2D eigenvalue weighted by Crippen LogP contribution is -2.21. The zero-order valence-corrected chi connectivity index (χ0v) is 6.89. The van der Waals surface area contributed by atoms with Crippen LogP contribution in [0.15, 0.2) is 12.1 Å². The molecule has 1 unspecified atom stereocenters. The van der Waals surface area contributed by atoms with Gasteiger partial charge in [0, 0.05) is 24.1 Å². The van der Waals surface area contributed by atoms with E-state index >= 15 is 0 Å². The van der Waals surface area contributed by atoms with Crippen LogP contribution in [0.4, 0.5) is 8.78 Å². The molecule has 13 heavy (non-hydrogen) atoms. The second kappa shape index (κ2) is 2.96. The summed E-state index contributed by atoms with van der Waals surface area (Å²) in [6.45, 7) is 0.386. The number of nitrogens with two attached hydrogens (primary N) is 1. The second-order valence-electron chi connectivity index (χ2n) is 3.05. The van der Waals surface area contributed by atoms with Gasteiger partial charge in [-0.15, -0.1) is 0 Å². The minimum Gasteiger partial charge on any atom is -0.490 e. The first-order valence-electron chi connectivity index (χ1n) is 4.06. The van der Waals surface area contributed by atoms with Gasteiger partial charge in [0.15, 0.2) is 11.6 Å². The molecular formula is C9H9F2NO. The van der Waals surface area contributed by atoms with E-state index in [0.717, 1.165) is 6.07 Å². The van der Waals surface area contributed by atoms with Crippen LogP contribution in [0, 0.1) is 11.6 Å². The Morgan fingerprint density at radius 1 is 1.38 bits per heavy atom. The first-order valence-corrected chi connectivity index (χ1v) is 4.06. The Morgan fingerprint density at radius 3 is 2.92 bits per heavy atom. The third-order valence-corrected chi connectivity index (χ3v) is 2.11. The van der Waals surface area contributed by atoms with Gasteiger partial charge in [-0.25, -0.2) is 8.78 Å². The van der Waals surface area contributed by atoms with Crippen molar-refractivity contribution >= 4 is 0 Å². The predicted molar refractivity (Wildman–Crippen MR) is 43.4 cm³/mol. The molecule has 2 nitrogen and oxygen atoms in total. The number of hydrogen-bond acceptors (Lipinski definition) is 2. The normalized spacial score (nSPS) is 20.7. The summed E-state index contributed by atoms with van der Waals surface area (Å²) in [6.07, 6.45) is 0.593. The van der Waals surface area contributed by atoms with Crippen LogP contribution in [0.5, 0.6) is 5.75 Å². The first-order chi connectivity index (χ1) is 6.18. The Morgan fingerprint density at radius 2 is 2.15 bits per heavy atom. The van der Waals surface area contributed by atoms with Crippen LogP contribution in [-0.4, -0.2) is 6.61 Å². The van der Waals surface area contributed by atoms with Gasteiger partial charge in [0.25, 0.3) is 0 Å². The van der Waals surface area contributed by atoms with E-state index in [1.165, 1.54) is 6.07 Å². The zero-order chi connectivity index (χ0) is 9.42. The summed E-state index contributed by atoms with van der Waals surface area (Å²) >= 11 is 0. The molecule has 70 valence electrons. The van der Waals surface area contributed by atoms with Crippen molar-refractivity contribution in [3.8, 4) is 5.75 Å². The van der Waals surface area contributed by atoms with E-state index in [-0.39, 0.29) is 11.8 Å². The molecule has 1 aliphatic rings. The van der Waals surface area contributed by atoms with Crippen molar-refractivity contribution in [2.75, 3.05) is 6.61 Å². The van der Waals surface area contributed by atoms with Gasteiger partial charge >= 0.3 is 0 Å².